The number of ketones is 1. The summed E-state index contributed by atoms with van der Waals surface area (Å²) in [5.74, 6) is 5.42. The maximum atomic E-state index is 11.3. The number of nitrogen functional groups attached to an aromatic ring is 1. The van der Waals surface area contributed by atoms with Gasteiger partial charge >= 0.3 is 0 Å². The number of hydrogen-bond donors (Lipinski definition) is 6. The number of aliphatic hydroxyl groups is 1. The Hall–Kier alpha value is -10.7. The molecule has 5 aliphatic carbocycles. The fourth-order valence-electron chi connectivity index (χ4n) is 14.4. The van der Waals surface area contributed by atoms with Crippen LogP contribution in [0.5, 0.6) is 0 Å². The molecule has 0 bridgehead atoms. The number of H-pyrrole nitrogens is 2. The van der Waals surface area contributed by atoms with Gasteiger partial charge in [-0.05, 0) is 228 Å². The van der Waals surface area contributed by atoms with Crippen molar-refractivity contribution in [1.29, 1.82) is 0 Å². The van der Waals surface area contributed by atoms with Crippen molar-refractivity contribution in [3.8, 4) is 39.2 Å². The van der Waals surface area contributed by atoms with Crippen molar-refractivity contribution < 1.29 is 18.6 Å². The Morgan fingerprint density at radius 1 is 0.517 bits per heavy atom. The molecule has 120 heavy (non-hydrogen) atoms. The molecule has 0 spiro atoms. The molecule has 0 radical (unpaired) electrons. The number of rotatable bonds is 6. The summed E-state index contributed by atoms with van der Waals surface area (Å²) in [5, 5.41) is 17.4. The van der Waals surface area contributed by atoms with E-state index in [-0.39, 0.29) is 44.6 Å². The largest absolute Gasteiger partial charge is 0.397 e. The van der Waals surface area contributed by atoms with Crippen LogP contribution in [-0.4, -0.2) is 39.2 Å². The number of fused-ring (bicyclic) bond motifs is 15. The number of hydrazine groups is 1. The number of Topliss-reactive ketones (excluding diaryl/α,β-unsaturated/α-hetero) is 1. The van der Waals surface area contributed by atoms with Crippen LogP contribution >= 0.6 is 111 Å². The van der Waals surface area contributed by atoms with E-state index in [4.69, 9.17) is 15.3 Å². The van der Waals surface area contributed by atoms with Gasteiger partial charge in [0.1, 0.15) is 53.2 Å². The second-order valence-corrected chi connectivity index (χ2v) is 32.3. The van der Waals surface area contributed by atoms with Gasteiger partial charge in [-0.25, -0.2) is 0 Å². The van der Waals surface area contributed by atoms with Crippen molar-refractivity contribution in [3.63, 3.8) is 0 Å². The minimum absolute atomic E-state index is 0. The number of carbonyl (C=O) groups is 1. The predicted molar refractivity (Wildman–Crippen MR) is 538 cm³/mol. The Morgan fingerprint density at radius 3 is 1.57 bits per heavy atom. The van der Waals surface area contributed by atoms with Crippen LogP contribution in [0, 0.1) is 21.8 Å². The Labute approximate surface area is 766 Å². The smallest absolute Gasteiger partial charge is 0.218 e. The lowest BCUT2D eigenvalue weighted by atomic mass is 9.88. The van der Waals surface area contributed by atoms with E-state index in [1.807, 2.05) is 85.0 Å². The van der Waals surface area contributed by atoms with E-state index in [2.05, 4.69) is 391 Å². The number of aryl methyl sites for hydroxylation is 2. The molecular formula is C104H91Br4Cl2FIN6O2+3. The summed E-state index contributed by atoms with van der Waals surface area (Å²) in [6.45, 7) is 1.93. The minimum atomic E-state index is -1.00. The lowest BCUT2D eigenvalue weighted by Gasteiger charge is -2.16. The number of carbonyl (C=O) groups excluding carboxylic acids is 1. The first-order valence-corrected chi connectivity index (χ1v) is 42.5. The van der Waals surface area contributed by atoms with Crippen LogP contribution < -0.4 is 16.6 Å². The monoisotopic (exact) mass is 1990 g/mol. The van der Waals surface area contributed by atoms with E-state index in [1.165, 1.54) is 136 Å². The number of aromatic nitrogens is 3. The summed E-state index contributed by atoms with van der Waals surface area (Å²) in [4.78, 5) is 18.4. The molecule has 3 heterocycles. The average molecular weight is 2000 g/mol. The molecule has 0 aliphatic heterocycles. The van der Waals surface area contributed by atoms with E-state index >= 15 is 0 Å². The molecule has 3 aromatic heterocycles. The molecule has 0 atom stereocenters. The van der Waals surface area contributed by atoms with Gasteiger partial charge in [-0.2, -0.15) is 0 Å². The van der Waals surface area contributed by atoms with Gasteiger partial charge < -0.3 is 30.4 Å². The van der Waals surface area contributed by atoms with Gasteiger partial charge in [0, 0.05) is 140 Å². The molecule has 602 valence electrons. The topological polar surface area (TPSA) is 124 Å². The van der Waals surface area contributed by atoms with Gasteiger partial charge in [-0.15, -0.1) is 24.8 Å². The number of benzene rings is 13. The lowest BCUT2D eigenvalue weighted by Crippen LogP contribution is -2.10. The second kappa shape index (κ2) is 45.6. The molecule has 0 saturated carbocycles. The highest BCUT2D eigenvalue weighted by molar-refractivity contribution is 14.1. The summed E-state index contributed by atoms with van der Waals surface area (Å²) in [5.41, 5.74) is 30.4. The minimum Gasteiger partial charge on any atom is -0.397 e. The van der Waals surface area contributed by atoms with Crippen molar-refractivity contribution in [2.24, 2.45) is 5.84 Å². The fraction of sp³-hybridized carbons (Fsp3) is 0.0865. The maximum absolute atomic E-state index is 11.3. The van der Waals surface area contributed by atoms with E-state index < -0.39 is 7.15 Å². The summed E-state index contributed by atoms with van der Waals surface area (Å²) in [7, 11) is -1.00. The average Bonchev–Trinajstić information content (AvgIpc) is 1.59. The van der Waals surface area contributed by atoms with Gasteiger partial charge in [0.25, 0.3) is 0 Å². The summed E-state index contributed by atoms with van der Waals surface area (Å²) >= 11 is 16.3. The molecule has 0 saturated heterocycles. The SMILES string of the molecule is Brc1ccc2[nH]c3c(c2c1)CCc1ccccc1-3.Brc1ccc2[nH]c3c4c(ccc3c2c1)C=[C+]C=C4.Brc1ccc2c(c1)c1ccc3c(c1n2-c1ccccc1)C=C[C+]=C3.C.CCO.Cl.Cl.Ic1ccccc1.NNc1ccc(Br)cc1.O=C1CCCC2=C1C=[C+]C=C2.[2H]CF.[2H][2H].c1ccc(-c2ccc(Nc3ccc(-c4ccccc4)cc3)cc2)cc1. The van der Waals surface area contributed by atoms with E-state index in [1.54, 1.807) is 13.0 Å². The number of allylic oxidation sites excluding steroid dienone is 10. The normalized spacial score (nSPS) is 12.2. The van der Waals surface area contributed by atoms with Gasteiger partial charge in [-0.1, -0.05) is 217 Å². The molecule has 0 amide bonds. The number of hydrogen-bond acceptors (Lipinski definition) is 5. The van der Waals surface area contributed by atoms with Crippen LogP contribution in [0.4, 0.5) is 21.5 Å². The lowest BCUT2D eigenvalue weighted by molar-refractivity contribution is -0.115. The first kappa shape index (κ1) is 88.5. The number of para-hydroxylation sites is 1. The number of halogens is 8. The number of alkyl halides is 1. The molecule has 16 aromatic rings. The fourth-order valence-corrected chi connectivity index (χ4v) is 16.2. The van der Waals surface area contributed by atoms with Crippen LogP contribution in [0.1, 0.15) is 71.3 Å². The predicted octanol–water partition coefficient (Wildman–Crippen LogP) is 31.1. The molecule has 13 aromatic carbocycles. The number of nitrogens with one attached hydrogen (secondary N) is 4. The van der Waals surface area contributed by atoms with E-state index in [9.17, 15) is 9.18 Å². The highest BCUT2D eigenvalue weighted by Gasteiger charge is 2.26. The quantitative estimate of drug-likeness (QED) is 0.0428. The molecule has 21 rings (SSSR count). The van der Waals surface area contributed by atoms with Crippen LogP contribution in [-0.2, 0) is 17.6 Å². The van der Waals surface area contributed by atoms with Crippen LogP contribution in [0.2, 0.25) is 0 Å². The standard InChI is InChI=1S/C24H19N.C22H13BrN.C16H12BrN.C16H9BrN.C10H9O.C6H7BrN2.C6H5I.C2H6O.CH3F.CH4.2ClH.H2/c1-3-7-19(8-4-1)21-11-15-23(16-12-21)25-24-17-13-22(14-18-24)20-9-5-2-6-10-20;23-16-11-13-21-20(14-16)19-12-10-15-6-4-5-9-18(15)22(19)24(21)17-7-2-1-3-8-17;2*17-11-6-8-15-14(9-11)13-7-5-10-3-1-2-4-12(10)16(13)18-15;11-10-7-3-5-8-4-1-2-6-9(8)10;7-5-1-3-6(9-8)4-2-5;7-6-4-2-1-3-5-6;1-2-3;1-2;;;;/h1-18,25H;1-3,5-14H;1-4,6,8-9,18H,5,7H2;2-9,18H;1,4,6H,3,5,7H2;1-4,9H,8H2;1-5H;3H,2H2,1H3;1H3;1H4;3*1H/q;+1;;2*+1;;;;;;;;/i;;;;;;;;1D;;;;1+1D. The Morgan fingerprint density at radius 2 is 0.992 bits per heavy atom. The first-order valence-electron chi connectivity index (χ1n) is 40.0. The molecule has 7 N–H and O–H groups in total. The second-order valence-electron chi connectivity index (χ2n) is 27.4. The summed E-state index contributed by atoms with van der Waals surface area (Å²) in [6, 6.07) is 103. The number of aromatic amines is 2. The Bertz CT molecular complexity index is 6280. The highest BCUT2D eigenvalue weighted by atomic mass is 127. The maximum Gasteiger partial charge on any atom is 0.218 e. The van der Waals surface area contributed by atoms with E-state index in [0.29, 0.717) is 6.42 Å². The molecule has 5 aliphatic rings. The number of nitrogens with two attached hydrogens (primary N) is 1. The molecular weight excluding hydrogens is 1900 g/mol. The molecule has 8 nitrogen and oxygen atoms in total. The molecule has 0 unspecified atom stereocenters. The number of nitrogens with zero attached hydrogens (tertiary/aromatic N) is 1. The Kier molecular flexibility index (Phi) is 33.6. The van der Waals surface area contributed by atoms with Crippen molar-refractivity contribution in [2.75, 3.05) is 24.5 Å². The van der Waals surface area contributed by atoms with Gasteiger partial charge in [0.05, 0.1) is 60.0 Å². The van der Waals surface area contributed by atoms with E-state index in [0.717, 1.165) is 66.2 Å². The summed E-state index contributed by atoms with van der Waals surface area (Å²) < 4.78 is 33.6. The third-order valence-corrected chi connectivity index (χ3v) is 22.6. The number of anilines is 3. The van der Waals surface area contributed by atoms with Gasteiger partial charge in [0.2, 0.25) is 5.78 Å². The number of aliphatic hydroxyl groups excluding tert-OH is 1. The Balaban J connectivity index is 0.000000165. The van der Waals surface area contributed by atoms with Crippen molar-refractivity contribution >= 4 is 213 Å². The van der Waals surface area contributed by atoms with Crippen molar-refractivity contribution in [1.82, 2.24) is 14.5 Å². The van der Waals surface area contributed by atoms with Crippen molar-refractivity contribution in [2.45, 2.75) is 46.5 Å². The summed E-state index contributed by atoms with van der Waals surface area (Å²) in [6.07, 6.45) is 32.2. The zero-order valence-electron chi connectivity index (χ0n) is 67.9. The van der Waals surface area contributed by atoms with Gasteiger partial charge in [0.15, 0.2) is 0 Å². The highest BCUT2D eigenvalue weighted by Crippen LogP contribution is 2.41. The van der Waals surface area contributed by atoms with Gasteiger partial charge in [-0.3, -0.25) is 15.0 Å². The zero-order chi connectivity index (χ0) is 84.1. The third kappa shape index (κ3) is 23.0. The van der Waals surface area contributed by atoms with Crippen LogP contribution in [0.15, 0.2) is 357 Å². The van der Waals surface area contributed by atoms with Crippen LogP contribution in [0.25, 0.3) is 118 Å². The van der Waals surface area contributed by atoms with Crippen LogP contribution in [0.3, 0.4) is 0 Å². The third-order valence-electron chi connectivity index (χ3n) is 19.9. The first-order chi connectivity index (χ1) is 58.8. The molecule has 0 fully saturated rings. The molecule has 16 heteroatoms. The zero-order valence-corrected chi connectivity index (χ0v) is 75.0. The van der Waals surface area contributed by atoms with Crippen molar-refractivity contribution in [3.05, 3.63) is 412 Å².